The van der Waals surface area contributed by atoms with Crippen LogP contribution in [0, 0.1) is 0 Å². The number of aliphatic hydroxyl groups excluding tert-OH is 6. The van der Waals surface area contributed by atoms with Crippen molar-refractivity contribution in [2.24, 2.45) is 0 Å². The van der Waals surface area contributed by atoms with Crippen molar-refractivity contribution in [2.75, 3.05) is 19.8 Å². The molecular weight excluding hydrogens is 773 g/mol. The van der Waals surface area contributed by atoms with E-state index < -0.39 is 119 Å². The number of hydrogen-bond acceptors (Lipinski definition) is 16. The van der Waals surface area contributed by atoms with Crippen LogP contribution in [0.3, 0.4) is 0 Å². The van der Waals surface area contributed by atoms with Crippen molar-refractivity contribution in [1.29, 1.82) is 0 Å². The Kier molecular flexibility index (Phi) is 12.5. The molecule has 3 aromatic rings. The summed E-state index contributed by atoms with van der Waals surface area (Å²) in [5.74, 6) is -3.81. The molecule has 0 bridgehead atoms. The molecule has 302 valence electrons. The molecule has 3 fully saturated rings. The molecule has 0 amide bonds. The van der Waals surface area contributed by atoms with Gasteiger partial charge in [-0.25, -0.2) is 18.9 Å². The SMILES string of the molecule is O=C(O)c1ccc[n+]([C@@H]2O[C@H](COP(=O)(OC[C@H]3O[C@@H]([n+]4cccc(C(=O)O)c4)[C@H](O)[C@@H]3O)OC[C@H]3O[C@@H]([n+]4cccc(C(=O)O)c4)[C@H](O)[C@@H]3O)[C@@H](O)[C@H]2O)c1. The lowest BCUT2D eigenvalue weighted by atomic mass is 10.1. The minimum atomic E-state index is -4.93. The van der Waals surface area contributed by atoms with Gasteiger partial charge in [-0.3, -0.25) is 13.6 Å². The van der Waals surface area contributed by atoms with Crippen LogP contribution < -0.4 is 13.7 Å². The molecule has 0 spiro atoms. The van der Waals surface area contributed by atoms with Gasteiger partial charge in [0.2, 0.25) is 0 Å². The van der Waals surface area contributed by atoms with Crippen LogP contribution >= 0.6 is 7.82 Å². The molecule has 3 saturated heterocycles. The number of phosphoric acid groups is 1. The second kappa shape index (κ2) is 17.0. The lowest BCUT2D eigenvalue weighted by Gasteiger charge is -2.24. The van der Waals surface area contributed by atoms with E-state index in [1.807, 2.05) is 0 Å². The summed E-state index contributed by atoms with van der Waals surface area (Å²) in [6, 6.07) is 7.98. The van der Waals surface area contributed by atoms with Gasteiger partial charge in [-0.05, 0) is 18.2 Å². The molecule has 0 radical (unpaired) electrons. The van der Waals surface area contributed by atoms with Gasteiger partial charge in [-0.1, -0.05) is 0 Å². The van der Waals surface area contributed by atoms with Crippen LogP contribution in [0.5, 0.6) is 0 Å². The van der Waals surface area contributed by atoms with Crippen LogP contribution in [-0.2, 0) is 32.3 Å². The number of rotatable bonds is 15. The summed E-state index contributed by atoms with van der Waals surface area (Å²) < 4.78 is 51.5. The van der Waals surface area contributed by atoms with Crippen LogP contribution in [0.1, 0.15) is 49.8 Å². The molecule has 56 heavy (non-hydrogen) atoms. The molecule has 0 aliphatic carbocycles. The molecule has 3 aliphatic rings. The number of carboxylic acid groups (broad SMARTS) is 3. The average molecular weight is 813 g/mol. The average Bonchev–Trinajstić information content (AvgIpc) is 3.76. The topological polar surface area (TPSA) is 317 Å². The summed E-state index contributed by atoms with van der Waals surface area (Å²) in [4.78, 5) is 34.4. The highest BCUT2D eigenvalue weighted by atomic mass is 31.2. The normalized spacial score (nSPS) is 31.8. The number of nitrogens with zero attached hydrogens (tertiary/aromatic N) is 3. The standard InChI is InChI=1S/C33H36N3O19P/c37-22-19(53-28(25(22)40)34-7-1-4-16(10-34)31(43)44)13-50-56(49,51-14-20-23(38)26(41)29(54-20)35-8-2-5-17(11-35)32(45)46)52-15-21-24(39)27(42)30(55-21)36-9-3-6-18(12-36)33(47)48/h1-12,19-30,37-42H,13-15H2/p+3/t19-,20-,21-,22-,23-,24-,25-,26-,27-,28-,29-,30-/m1/s1. The molecule has 9 N–H and O–H groups in total. The fourth-order valence-electron chi connectivity index (χ4n) is 6.28. The Morgan fingerprint density at radius 1 is 0.518 bits per heavy atom. The van der Waals surface area contributed by atoms with Crippen LogP contribution in [0.4, 0.5) is 0 Å². The van der Waals surface area contributed by atoms with Crippen LogP contribution in [-0.4, -0.2) is 139 Å². The zero-order valence-corrected chi connectivity index (χ0v) is 29.8. The van der Waals surface area contributed by atoms with E-state index >= 15 is 0 Å². The van der Waals surface area contributed by atoms with Gasteiger partial charge >= 0.3 is 25.7 Å². The van der Waals surface area contributed by atoms with Gasteiger partial charge in [0.05, 0.1) is 19.8 Å². The second-order valence-corrected chi connectivity index (χ2v) is 14.7. The van der Waals surface area contributed by atoms with Crippen molar-refractivity contribution in [1.82, 2.24) is 0 Å². The van der Waals surface area contributed by atoms with Crippen LogP contribution in [0.15, 0.2) is 73.6 Å². The zero-order chi connectivity index (χ0) is 40.5. The lowest BCUT2D eigenvalue weighted by molar-refractivity contribution is -0.766. The van der Waals surface area contributed by atoms with E-state index in [-0.39, 0.29) is 16.7 Å². The van der Waals surface area contributed by atoms with Gasteiger partial charge in [-0.2, -0.15) is 13.7 Å². The first-order valence-corrected chi connectivity index (χ1v) is 18.3. The molecule has 6 heterocycles. The molecule has 3 aromatic heterocycles. The van der Waals surface area contributed by atoms with Crippen molar-refractivity contribution >= 4 is 25.7 Å². The van der Waals surface area contributed by atoms with E-state index in [9.17, 15) is 64.9 Å². The summed E-state index contributed by atoms with van der Waals surface area (Å²) in [6.45, 7) is -2.38. The Morgan fingerprint density at radius 2 is 0.786 bits per heavy atom. The monoisotopic (exact) mass is 812 g/mol. The van der Waals surface area contributed by atoms with Crippen LogP contribution in [0.25, 0.3) is 0 Å². The predicted octanol–water partition coefficient (Wildman–Crippen LogP) is -2.94. The number of phosphoric ester groups is 1. The number of carboxylic acids is 3. The molecule has 0 unspecified atom stereocenters. The highest BCUT2D eigenvalue weighted by molar-refractivity contribution is 7.48. The highest BCUT2D eigenvalue weighted by Gasteiger charge is 2.53. The van der Waals surface area contributed by atoms with Gasteiger partial charge in [-0.15, -0.1) is 0 Å². The van der Waals surface area contributed by atoms with E-state index in [0.717, 1.165) is 18.6 Å². The Bertz CT molecular complexity index is 1760. The summed E-state index contributed by atoms with van der Waals surface area (Å²) in [5.41, 5.74) is -0.466. The number of carbonyl (C=O) groups is 3. The lowest BCUT2D eigenvalue weighted by Crippen LogP contribution is -2.46. The van der Waals surface area contributed by atoms with Gasteiger partial charge in [0.1, 0.15) is 53.3 Å². The summed E-state index contributed by atoms with van der Waals surface area (Å²) >= 11 is 0. The minimum absolute atomic E-state index is 0.155. The maximum Gasteiger partial charge on any atom is 0.475 e. The smallest absolute Gasteiger partial charge is 0.475 e. The number of pyridine rings is 3. The fraction of sp³-hybridized carbons (Fsp3) is 0.455. The van der Waals surface area contributed by atoms with E-state index in [2.05, 4.69) is 0 Å². The molecule has 12 atom stereocenters. The van der Waals surface area contributed by atoms with Gasteiger partial charge in [0.15, 0.2) is 55.5 Å². The maximum absolute atomic E-state index is 14.2. The number of aromatic carboxylic acids is 3. The first-order chi connectivity index (χ1) is 26.6. The number of hydrogen-bond donors (Lipinski definition) is 9. The Hall–Kier alpha value is -4.39. The van der Waals surface area contributed by atoms with Gasteiger partial charge in [0, 0.05) is 18.2 Å². The molecular formula is C33H39N3O19P+3. The second-order valence-electron chi connectivity index (χ2n) is 13.0. The number of ether oxygens (including phenoxy) is 3. The summed E-state index contributed by atoms with van der Waals surface area (Å²) in [7, 11) is -4.93. The van der Waals surface area contributed by atoms with E-state index in [1.165, 1.54) is 68.7 Å². The Balaban J connectivity index is 1.18. The Morgan fingerprint density at radius 3 is 1.04 bits per heavy atom. The molecule has 23 heteroatoms. The molecule has 3 aliphatic heterocycles. The van der Waals surface area contributed by atoms with E-state index in [4.69, 9.17) is 27.8 Å². The highest BCUT2D eigenvalue weighted by Crippen LogP contribution is 2.51. The fourth-order valence-corrected chi connectivity index (χ4v) is 7.49. The third-order valence-electron chi connectivity index (χ3n) is 9.29. The van der Waals surface area contributed by atoms with Crippen molar-refractivity contribution in [2.45, 2.75) is 73.6 Å². The Labute approximate surface area is 315 Å². The van der Waals surface area contributed by atoms with E-state index in [1.54, 1.807) is 0 Å². The molecule has 0 aromatic carbocycles. The minimum Gasteiger partial charge on any atom is -0.477 e. The predicted molar refractivity (Wildman–Crippen MR) is 174 cm³/mol. The first-order valence-electron chi connectivity index (χ1n) is 16.9. The van der Waals surface area contributed by atoms with Gasteiger partial charge in [0.25, 0.3) is 18.7 Å². The third-order valence-corrected chi connectivity index (χ3v) is 10.7. The van der Waals surface area contributed by atoms with Crippen molar-refractivity contribution in [3.63, 3.8) is 0 Å². The molecule has 0 saturated carbocycles. The largest absolute Gasteiger partial charge is 0.477 e. The zero-order valence-electron chi connectivity index (χ0n) is 28.9. The molecule has 6 rings (SSSR count). The van der Waals surface area contributed by atoms with Crippen molar-refractivity contribution < 1.29 is 106 Å². The number of aliphatic hydroxyl groups is 6. The van der Waals surface area contributed by atoms with Crippen molar-refractivity contribution in [3.05, 3.63) is 90.3 Å². The maximum atomic E-state index is 14.2. The first kappa shape index (κ1) is 41.2. The number of aromatic nitrogens is 3. The van der Waals surface area contributed by atoms with E-state index in [0.29, 0.717) is 0 Å². The van der Waals surface area contributed by atoms with Crippen LogP contribution in [0.2, 0.25) is 0 Å². The van der Waals surface area contributed by atoms with Gasteiger partial charge < -0.3 is 60.2 Å². The summed E-state index contributed by atoms with van der Waals surface area (Å²) in [6.07, 6.45) is -10.6. The summed E-state index contributed by atoms with van der Waals surface area (Å²) in [5, 5.41) is 92.6. The van der Waals surface area contributed by atoms with Crippen molar-refractivity contribution in [3.8, 4) is 0 Å². The quantitative estimate of drug-likeness (QED) is 0.0548. The molecule has 22 nitrogen and oxygen atoms in total. The third kappa shape index (κ3) is 8.77.